The Kier molecular flexibility index (Phi) is 11.3. The smallest absolute Gasteiger partial charge is 0.407 e. The molecule has 3 N–H and O–H groups in total. The van der Waals surface area contributed by atoms with E-state index in [4.69, 9.17) is 18.9 Å². The number of nitrogens with one attached hydrogen (secondary N) is 2. The van der Waals surface area contributed by atoms with Crippen LogP contribution in [0.1, 0.15) is 40.2 Å². The van der Waals surface area contributed by atoms with Crippen LogP contribution < -0.4 is 20.1 Å². The zero-order chi connectivity index (χ0) is 35.6. The van der Waals surface area contributed by atoms with Crippen LogP contribution in [0.15, 0.2) is 127 Å². The van der Waals surface area contributed by atoms with Gasteiger partial charge in [-0.25, -0.2) is 4.79 Å². The van der Waals surface area contributed by atoms with Gasteiger partial charge in [-0.1, -0.05) is 115 Å². The number of hydrogen-bond acceptors (Lipinski definition) is 7. The SMILES string of the molecule is COc1ccccc1C(OC[C@H](O)CNC(=O)CCNC(=O)OCC1c2ccccc2-c2ccccc21)(c1ccccc1)c1ccccc1OC. The third-order valence-electron chi connectivity index (χ3n) is 9.15. The van der Waals surface area contributed by atoms with E-state index in [2.05, 4.69) is 34.9 Å². The average molecular weight is 687 g/mol. The zero-order valence-electron chi connectivity index (χ0n) is 28.7. The van der Waals surface area contributed by atoms with Crippen LogP contribution in [0, 0.1) is 0 Å². The third kappa shape index (κ3) is 7.60. The number of benzene rings is 5. The van der Waals surface area contributed by atoms with Crippen LogP contribution in [0.3, 0.4) is 0 Å². The van der Waals surface area contributed by atoms with Gasteiger partial charge in [-0.2, -0.15) is 0 Å². The summed E-state index contributed by atoms with van der Waals surface area (Å²) >= 11 is 0. The number of ether oxygens (including phenoxy) is 4. The molecule has 0 bridgehead atoms. The highest BCUT2D eigenvalue weighted by molar-refractivity contribution is 5.79. The molecule has 0 heterocycles. The van der Waals surface area contributed by atoms with Crippen molar-refractivity contribution < 1.29 is 33.6 Å². The second kappa shape index (κ2) is 16.4. The van der Waals surface area contributed by atoms with Crippen molar-refractivity contribution in [2.45, 2.75) is 24.0 Å². The number of aliphatic hydroxyl groups is 1. The van der Waals surface area contributed by atoms with Crippen LogP contribution in [-0.4, -0.2) is 63.7 Å². The van der Waals surface area contributed by atoms with E-state index in [0.29, 0.717) is 11.5 Å². The first-order valence-electron chi connectivity index (χ1n) is 17.0. The Labute approximate surface area is 298 Å². The van der Waals surface area contributed by atoms with Gasteiger partial charge in [-0.05, 0) is 39.9 Å². The van der Waals surface area contributed by atoms with Crippen molar-refractivity contribution in [2.24, 2.45) is 0 Å². The normalized spacial score (nSPS) is 12.7. The second-order valence-electron chi connectivity index (χ2n) is 12.2. The molecule has 0 saturated heterocycles. The molecule has 0 fully saturated rings. The molecule has 9 heteroatoms. The van der Waals surface area contributed by atoms with Crippen LogP contribution >= 0.6 is 0 Å². The summed E-state index contributed by atoms with van der Waals surface area (Å²) in [7, 11) is 3.20. The number of carbonyl (C=O) groups is 2. The second-order valence-corrected chi connectivity index (χ2v) is 12.2. The van der Waals surface area contributed by atoms with Crippen LogP contribution in [-0.2, 0) is 19.9 Å². The van der Waals surface area contributed by atoms with E-state index < -0.39 is 17.8 Å². The summed E-state index contributed by atoms with van der Waals surface area (Å²) in [4.78, 5) is 25.3. The summed E-state index contributed by atoms with van der Waals surface area (Å²) in [5.41, 5.74) is 5.55. The van der Waals surface area contributed by atoms with E-state index in [-0.39, 0.29) is 44.5 Å². The highest BCUT2D eigenvalue weighted by atomic mass is 16.5. The molecular formula is C42H42N2O7. The lowest BCUT2D eigenvalue weighted by atomic mass is 9.79. The highest BCUT2D eigenvalue weighted by Crippen LogP contribution is 2.48. The third-order valence-corrected chi connectivity index (χ3v) is 9.15. The van der Waals surface area contributed by atoms with E-state index in [1.807, 2.05) is 103 Å². The molecule has 51 heavy (non-hydrogen) atoms. The topological polar surface area (TPSA) is 115 Å². The Balaban J connectivity index is 1.05. The predicted octanol–water partition coefficient (Wildman–Crippen LogP) is 6.42. The zero-order valence-corrected chi connectivity index (χ0v) is 28.7. The number of alkyl carbamates (subject to hydrolysis) is 1. The maximum atomic E-state index is 12.7. The van der Waals surface area contributed by atoms with E-state index in [1.54, 1.807) is 14.2 Å². The van der Waals surface area contributed by atoms with E-state index in [9.17, 15) is 14.7 Å². The number of aliphatic hydroxyl groups excluding tert-OH is 1. The molecule has 1 aliphatic rings. The summed E-state index contributed by atoms with van der Waals surface area (Å²) in [5, 5.41) is 16.5. The molecule has 0 unspecified atom stereocenters. The van der Waals surface area contributed by atoms with Gasteiger partial charge in [0.05, 0.1) is 26.9 Å². The molecule has 0 spiro atoms. The minimum absolute atomic E-state index is 0.00809. The lowest BCUT2D eigenvalue weighted by Gasteiger charge is -2.38. The molecule has 1 aliphatic carbocycles. The van der Waals surface area contributed by atoms with Crippen molar-refractivity contribution in [1.29, 1.82) is 0 Å². The molecule has 262 valence electrons. The van der Waals surface area contributed by atoms with Crippen molar-refractivity contribution in [3.63, 3.8) is 0 Å². The first-order valence-corrected chi connectivity index (χ1v) is 17.0. The summed E-state index contributed by atoms with van der Waals surface area (Å²) in [5.74, 6) is 0.802. The fourth-order valence-electron chi connectivity index (χ4n) is 6.77. The number of para-hydroxylation sites is 2. The maximum Gasteiger partial charge on any atom is 0.407 e. The largest absolute Gasteiger partial charge is 0.496 e. The molecule has 0 saturated carbocycles. The lowest BCUT2D eigenvalue weighted by Crippen LogP contribution is -2.40. The van der Waals surface area contributed by atoms with Crippen molar-refractivity contribution >= 4 is 12.0 Å². The molecule has 5 aromatic rings. The molecule has 2 amide bonds. The molecule has 5 aromatic carbocycles. The Bertz CT molecular complexity index is 1850. The Hall–Kier alpha value is -5.64. The summed E-state index contributed by atoms with van der Waals surface area (Å²) in [6.45, 7) is 0.0655. The van der Waals surface area contributed by atoms with Crippen molar-refractivity contribution in [1.82, 2.24) is 10.6 Å². The van der Waals surface area contributed by atoms with Gasteiger partial charge in [0.1, 0.15) is 18.1 Å². The van der Waals surface area contributed by atoms with E-state index >= 15 is 0 Å². The highest BCUT2D eigenvalue weighted by Gasteiger charge is 2.42. The molecule has 0 radical (unpaired) electrons. The minimum atomic E-state index is -1.24. The maximum absolute atomic E-state index is 12.7. The van der Waals surface area contributed by atoms with Crippen molar-refractivity contribution in [3.05, 3.63) is 155 Å². The monoisotopic (exact) mass is 686 g/mol. The standard InChI is InChI=1S/C42H42N2O7/c1-48-38-22-12-10-20-36(38)42(29-14-4-3-5-15-29,37-21-11-13-23-39(37)49-2)51-27-30(45)26-44-40(46)24-25-43-41(47)50-28-35-33-18-8-6-16-31(33)32-17-7-9-19-34(32)35/h3-23,30,35,45H,24-28H2,1-2H3,(H,43,47)(H,44,46)/t30-/m1/s1. The molecule has 0 aromatic heterocycles. The van der Waals surface area contributed by atoms with E-state index in [0.717, 1.165) is 38.9 Å². The van der Waals surface area contributed by atoms with Gasteiger partial charge >= 0.3 is 6.09 Å². The number of carbonyl (C=O) groups excluding carboxylic acids is 2. The quantitative estimate of drug-likeness (QED) is 0.109. The van der Waals surface area contributed by atoms with Crippen molar-refractivity contribution in [2.75, 3.05) is 40.5 Å². The molecule has 0 aliphatic heterocycles. The molecular weight excluding hydrogens is 644 g/mol. The number of rotatable bonds is 15. The van der Waals surface area contributed by atoms with Gasteiger partial charge in [0.25, 0.3) is 0 Å². The predicted molar refractivity (Wildman–Crippen MR) is 195 cm³/mol. The van der Waals surface area contributed by atoms with Gasteiger partial charge in [-0.3, -0.25) is 4.79 Å². The Morgan fingerprint density at radius 1 is 0.706 bits per heavy atom. The summed E-state index contributed by atoms with van der Waals surface area (Å²) in [6, 6.07) is 41.1. The van der Waals surface area contributed by atoms with Crippen LogP contribution in [0.5, 0.6) is 11.5 Å². The van der Waals surface area contributed by atoms with Crippen LogP contribution in [0.2, 0.25) is 0 Å². The Morgan fingerprint density at radius 2 is 1.24 bits per heavy atom. The first kappa shape index (κ1) is 35.2. The molecule has 6 rings (SSSR count). The Morgan fingerprint density at radius 3 is 1.82 bits per heavy atom. The van der Waals surface area contributed by atoms with Gasteiger partial charge < -0.3 is 34.7 Å². The molecule has 1 atom stereocenters. The average Bonchev–Trinajstić information content (AvgIpc) is 3.50. The molecule has 9 nitrogen and oxygen atoms in total. The fraction of sp³-hybridized carbons (Fsp3) is 0.238. The minimum Gasteiger partial charge on any atom is -0.496 e. The fourth-order valence-corrected chi connectivity index (χ4v) is 6.77. The van der Waals surface area contributed by atoms with Gasteiger partial charge in [0.2, 0.25) is 5.91 Å². The number of methoxy groups -OCH3 is 2. The van der Waals surface area contributed by atoms with Gasteiger partial charge in [0.15, 0.2) is 5.60 Å². The van der Waals surface area contributed by atoms with Crippen LogP contribution in [0.25, 0.3) is 11.1 Å². The van der Waals surface area contributed by atoms with Gasteiger partial charge in [-0.15, -0.1) is 0 Å². The number of amides is 2. The van der Waals surface area contributed by atoms with E-state index in [1.165, 1.54) is 0 Å². The summed E-state index contributed by atoms with van der Waals surface area (Å²) in [6.07, 6.45) is -1.65. The van der Waals surface area contributed by atoms with Crippen LogP contribution in [0.4, 0.5) is 4.79 Å². The van der Waals surface area contributed by atoms with Crippen molar-refractivity contribution in [3.8, 4) is 22.6 Å². The lowest BCUT2D eigenvalue weighted by molar-refractivity contribution is -0.121. The number of hydrogen-bond donors (Lipinski definition) is 3. The number of fused-ring (bicyclic) bond motifs is 3. The van der Waals surface area contributed by atoms with Gasteiger partial charge in [0, 0.05) is 36.6 Å². The summed E-state index contributed by atoms with van der Waals surface area (Å²) < 4.78 is 23.9. The first-order chi connectivity index (χ1) is 25.0.